The summed E-state index contributed by atoms with van der Waals surface area (Å²) in [5, 5.41) is 9.57. The van der Waals surface area contributed by atoms with Crippen molar-refractivity contribution in [1.29, 1.82) is 0 Å². The second kappa shape index (κ2) is 14.4. The monoisotopic (exact) mass is 829 g/mol. The molecule has 0 spiro atoms. The molecule has 0 radical (unpaired) electrons. The van der Waals surface area contributed by atoms with Crippen molar-refractivity contribution in [1.82, 2.24) is 0 Å². The zero-order chi connectivity index (χ0) is 43.2. The van der Waals surface area contributed by atoms with Gasteiger partial charge in [-0.2, -0.15) is 0 Å². The van der Waals surface area contributed by atoms with Crippen molar-refractivity contribution in [3.8, 4) is 44.5 Å². The minimum atomic E-state index is -0.188. The molecule has 1 aliphatic rings. The molecule has 0 saturated heterocycles. The van der Waals surface area contributed by atoms with Crippen LogP contribution in [0.15, 0.2) is 229 Å². The molecule has 0 aliphatic heterocycles. The molecular weight excluding hydrogens is 787 g/mol. The highest BCUT2D eigenvalue weighted by Gasteiger charge is 2.36. The highest BCUT2D eigenvalue weighted by molar-refractivity contribution is 6.17. The first-order valence-corrected chi connectivity index (χ1v) is 22.6. The average Bonchev–Trinajstić information content (AvgIpc) is 3.84. The van der Waals surface area contributed by atoms with Gasteiger partial charge in [-0.05, 0) is 131 Å². The van der Waals surface area contributed by atoms with Crippen LogP contribution < -0.4 is 4.90 Å². The molecule has 1 aromatic heterocycles. The Bertz CT molecular complexity index is 3890. The van der Waals surface area contributed by atoms with E-state index in [0.717, 1.165) is 61.3 Å². The lowest BCUT2D eigenvalue weighted by molar-refractivity contribution is 0.660. The van der Waals surface area contributed by atoms with E-state index in [1.165, 1.54) is 65.7 Å². The molecule has 2 heteroatoms. The van der Waals surface area contributed by atoms with Crippen LogP contribution in [-0.4, -0.2) is 0 Å². The van der Waals surface area contributed by atoms with Crippen LogP contribution in [0.2, 0.25) is 0 Å². The zero-order valence-corrected chi connectivity index (χ0v) is 36.2. The second-order valence-electron chi connectivity index (χ2n) is 18.0. The Hall–Kier alpha value is -8.20. The predicted octanol–water partition coefficient (Wildman–Crippen LogP) is 17.8. The SMILES string of the molecule is CC1(C)c2ccccc2-c2ccc(N(c3ccccc3-c3ccc4ccccc4c3)c3cccc(-c4ccc5c(c4)oc4ccccc45)c3-c3cc4ccccc4c4ccccc34)cc21. The van der Waals surface area contributed by atoms with E-state index in [2.05, 4.69) is 237 Å². The number of rotatable bonds is 6. The molecule has 2 nitrogen and oxygen atoms in total. The van der Waals surface area contributed by atoms with Crippen LogP contribution in [0.1, 0.15) is 25.0 Å². The molecule has 306 valence electrons. The highest BCUT2D eigenvalue weighted by Crippen LogP contribution is 2.54. The van der Waals surface area contributed by atoms with E-state index in [0.29, 0.717) is 0 Å². The number of hydrogen-bond donors (Lipinski definition) is 0. The van der Waals surface area contributed by atoms with Gasteiger partial charge >= 0.3 is 0 Å². The van der Waals surface area contributed by atoms with Gasteiger partial charge in [0, 0.05) is 33.0 Å². The minimum Gasteiger partial charge on any atom is -0.456 e. The van der Waals surface area contributed by atoms with Crippen LogP contribution in [0.4, 0.5) is 17.1 Å². The number of anilines is 3. The summed E-state index contributed by atoms with van der Waals surface area (Å²) in [5.41, 5.74) is 17.1. The molecule has 11 aromatic carbocycles. The maximum Gasteiger partial charge on any atom is 0.136 e. The molecule has 0 unspecified atom stereocenters. The van der Waals surface area contributed by atoms with Crippen molar-refractivity contribution >= 4 is 71.3 Å². The molecule has 65 heavy (non-hydrogen) atoms. The maximum atomic E-state index is 6.58. The van der Waals surface area contributed by atoms with Crippen molar-refractivity contribution in [3.05, 3.63) is 236 Å². The van der Waals surface area contributed by atoms with Crippen molar-refractivity contribution < 1.29 is 4.42 Å². The summed E-state index contributed by atoms with van der Waals surface area (Å²) < 4.78 is 6.58. The number of nitrogens with zero attached hydrogens (tertiary/aromatic N) is 1. The molecular formula is C63H43NO. The van der Waals surface area contributed by atoms with Gasteiger partial charge in [-0.3, -0.25) is 0 Å². The Morgan fingerprint density at radius 1 is 0.338 bits per heavy atom. The largest absolute Gasteiger partial charge is 0.456 e. The lowest BCUT2D eigenvalue weighted by Crippen LogP contribution is -2.17. The normalized spacial score (nSPS) is 12.9. The van der Waals surface area contributed by atoms with E-state index < -0.39 is 0 Å². The second-order valence-corrected chi connectivity index (χ2v) is 18.0. The molecule has 1 aliphatic carbocycles. The fourth-order valence-electron chi connectivity index (χ4n) is 10.9. The van der Waals surface area contributed by atoms with Crippen molar-refractivity contribution in [2.45, 2.75) is 19.3 Å². The van der Waals surface area contributed by atoms with E-state index in [1.54, 1.807) is 0 Å². The molecule has 0 fully saturated rings. The first kappa shape index (κ1) is 37.4. The van der Waals surface area contributed by atoms with Crippen molar-refractivity contribution in [3.63, 3.8) is 0 Å². The summed E-state index contributed by atoms with van der Waals surface area (Å²) in [4.78, 5) is 2.53. The summed E-state index contributed by atoms with van der Waals surface area (Å²) in [6, 6.07) is 82.6. The van der Waals surface area contributed by atoms with Crippen LogP contribution in [-0.2, 0) is 5.41 Å². The fourth-order valence-corrected chi connectivity index (χ4v) is 10.9. The lowest BCUT2D eigenvalue weighted by atomic mass is 9.82. The third-order valence-electron chi connectivity index (χ3n) is 14.0. The van der Waals surface area contributed by atoms with E-state index in [9.17, 15) is 0 Å². The molecule has 12 aromatic rings. The standard InChI is InChI=1S/C63H43NO/c1-63(2)56-26-12-9-23-51(56)52-35-33-45(39-57(52)63)64(58-27-13-10-20-47(58)43-31-30-40-16-3-4-17-41(40)36-43)59-28-15-25-48(44-32-34-54-53-24-11-14-29-60(53)65-61(54)38-44)62(59)55-37-42-18-5-6-19-46(42)49-21-7-8-22-50(49)55/h3-39H,1-2H3. The number of furan rings is 1. The van der Waals surface area contributed by atoms with Crippen molar-refractivity contribution in [2.75, 3.05) is 4.90 Å². The van der Waals surface area contributed by atoms with Gasteiger partial charge in [-0.25, -0.2) is 0 Å². The van der Waals surface area contributed by atoms with E-state index >= 15 is 0 Å². The summed E-state index contributed by atoms with van der Waals surface area (Å²) in [6.07, 6.45) is 0. The number of hydrogen-bond acceptors (Lipinski definition) is 2. The highest BCUT2D eigenvalue weighted by atomic mass is 16.3. The first-order chi connectivity index (χ1) is 32.0. The summed E-state index contributed by atoms with van der Waals surface area (Å²) in [6.45, 7) is 4.74. The van der Waals surface area contributed by atoms with Gasteiger partial charge in [0.05, 0.1) is 11.4 Å². The van der Waals surface area contributed by atoms with E-state index in [1.807, 2.05) is 6.07 Å². The fraction of sp³-hybridized carbons (Fsp3) is 0.0476. The summed E-state index contributed by atoms with van der Waals surface area (Å²) in [5.74, 6) is 0. The Morgan fingerprint density at radius 2 is 0.954 bits per heavy atom. The van der Waals surface area contributed by atoms with Gasteiger partial charge in [0.2, 0.25) is 0 Å². The molecule has 0 amide bonds. The molecule has 13 rings (SSSR count). The molecule has 0 bridgehead atoms. The molecule has 0 saturated carbocycles. The Balaban J connectivity index is 1.14. The molecule has 0 atom stereocenters. The first-order valence-electron chi connectivity index (χ1n) is 22.6. The summed E-state index contributed by atoms with van der Waals surface area (Å²) in [7, 11) is 0. The van der Waals surface area contributed by atoms with E-state index in [4.69, 9.17) is 4.42 Å². The van der Waals surface area contributed by atoms with Crippen LogP contribution >= 0.6 is 0 Å². The quantitative estimate of drug-likeness (QED) is 0.155. The molecule has 1 heterocycles. The third kappa shape index (κ3) is 5.81. The van der Waals surface area contributed by atoms with Crippen LogP contribution in [0, 0.1) is 0 Å². The number of benzene rings is 11. The topological polar surface area (TPSA) is 16.4 Å². The Labute approximate surface area is 378 Å². The van der Waals surface area contributed by atoms with Crippen LogP contribution in [0.3, 0.4) is 0 Å². The average molecular weight is 830 g/mol. The smallest absolute Gasteiger partial charge is 0.136 e. The lowest BCUT2D eigenvalue weighted by Gasteiger charge is -2.32. The van der Waals surface area contributed by atoms with Gasteiger partial charge in [-0.1, -0.05) is 184 Å². The Kier molecular flexibility index (Phi) is 8.29. The van der Waals surface area contributed by atoms with Crippen LogP contribution in [0.5, 0.6) is 0 Å². The van der Waals surface area contributed by atoms with Crippen molar-refractivity contribution in [2.24, 2.45) is 0 Å². The van der Waals surface area contributed by atoms with Gasteiger partial charge in [0.1, 0.15) is 11.2 Å². The van der Waals surface area contributed by atoms with Gasteiger partial charge in [0.25, 0.3) is 0 Å². The van der Waals surface area contributed by atoms with E-state index in [-0.39, 0.29) is 5.41 Å². The predicted molar refractivity (Wildman–Crippen MR) is 275 cm³/mol. The van der Waals surface area contributed by atoms with Gasteiger partial charge in [-0.15, -0.1) is 0 Å². The van der Waals surface area contributed by atoms with Gasteiger partial charge in [0.15, 0.2) is 0 Å². The molecule has 0 N–H and O–H groups in total. The minimum absolute atomic E-state index is 0.188. The van der Waals surface area contributed by atoms with Crippen LogP contribution in [0.25, 0.3) is 98.8 Å². The zero-order valence-electron chi connectivity index (χ0n) is 36.2. The number of para-hydroxylation sites is 2. The third-order valence-corrected chi connectivity index (χ3v) is 14.0. The van der Waals surface area contributed by atoms with Gasteiger partial charge < -0.3 is 9.32 Å². The Morgan fingerprint density at radius 3 is 1.83 bits per heavy atom. The maximum absolute atomic E-state index is 6.58. The number of fused-ring (bicyclic) bond motifs is 10. The summed E-state index contributed by atoms with van der Waals surface area (Å²) >= 11 is 0.